The number of carbonyl (C=O) groups excluding carboxylic acids is 2. The Morgan fingerprint density at radius 2 is 1.80 bits per heavy atom. The Balaban J connectivity index is 1.65. The molecule has 3 rings (SSSR count). The molecule has 0 spiro atoms. The maximum atomic E-state index is 12.6. The second-order valence-electron chi connectivity index (χ2n) is 5.74. The quantitative estimate of drug-likeness (QED) is 0.500. The second kappa shape index (κ2) is 7.63. The molecule has 2 aromatic carbocycles. The molecular formula is C19H19N3O3. The monoisotopic (exact) mass is 337 g/mol. The Bertz CT molecular complexity index is 772. The number of hydroxylamine groups is 1. The number of carbonyl (C=O) groups is 2. The fourth-order valence-electron chi connectivity index (χ4n) is 2.75. The molecule has 2 aromatic rings. The zero-order chi connectivity index (χ0) is 17.6. The Hall–Kier alpha value is -3.12. The van der Waals surface area contributed by atoms with Crippen LogP contribution in [0.5, 0.6) is 0 Å². The highest BCUT2D eigenvalue weighted by Gasteiger charge is 2.29. The summed E-state index contributed by atoms with van der Waals surface area (Å²) in [7, 11) is 0. The zero-order valence-electron chi connectivity index (χ0n) is 13.6. The highest BCUT2D eigenvalue weighted by atomic mass is 16.5. The summed E-state index contributed by atoms with van der Waals surface area (Å²) in [5, 5.41) is 8.46. The van der Waals surface area contributed by atoms with Crippen molar-refractivity contribution < 1.29 is 14.8 Å². The average Bonchev–Trinajstić information content (AvgIpc) is 3.01. The molecule has 2 N–H and O–H groups in total. The topological polar surface area (TPSA) is 72.9 Å². The molecule has 1 aliphatic rings. The van der Waals surface area contributed by atoms with E-state index in [1.165, 1.54) is 11.6 Å². The number of rotatable bonds is 5. The summed E-state index contributed by atoms with van der Waals surface area (Å²) in [5.41, 5.74) is 4.28. The number of nitrogens with zero attached hydrogens (tertiary/aromatic N) is 2. The van der Waals surface area contributed by atoms with Crippen molar-refractivity contribution in [2.45, 2.75) is 6.54 Å². The molecule has 0 bridgehead atoms. The summed E-state index contributed by atoms with van der Waals surface area (Å²) >= 11 is 0. The van der Waals surface area contributed by atoms with Gasteiger partial charge < -0.3 is 4.90 Å². The van der Waals surface area contributed by atoms with Gasteiger partial charge in [-0.3, -0.25) is 14.9 Å². The predicted molar refractivity (Wildman–Crippen MR) is 95.0 cm³/mol. The van der Waals surface area contributed by atoms with Gasteiger partial charge in [-0.1, -0.05) is 42.5 Å². The van der Waals surface area contributed by atoms with E-state index in [4.69, 9.17) is 5.21 Å². The third-order valence-electron chi connectivity index (χ3n) is 4.05. The van der Waals surface area contributed by atoms with E-state index in [9.17, 15) is 9.59 Å². The Labute approximate surface area is 145 Å². The summed E-state index contributed by atoms with van der Waals surface area (Å²) < 4.78 is 0. The molecule has 0 radical (unpaired) electrons. The van der Waals surface area contributed by atoms with Crippen LogP contribution in [0.25, 0.3) is 6.08 Å². The summed E-state index contributed by atoms with van der Waals surface area (Å²) in [6.07, 6.45) is 2.82. The maximum Gasteiger partial charge on any atom is 0.324 e. The molecular weight excluding hydrogens is 318 g/mol. The van der Waals surface area contributed by atoms with Gasteiger partial charge in [-0.15, -0.1) is 0 Å². The van der Waals surface area contributed by atoms with Gasteiger partial charge in [0.15, 0.2) is 0 Å². The lowest BCUT2D eigenvalue weighted by Gasteiger charge is -2.19. The van der Waals surface area contributed by atoms with Gasteiger partial charge in [-0.05, 0) is 29.3 Å². The van der Waals surface area contributed by atoms with Gasteiger partial charge in [-0.2, -0.15) is 0 Å². The molecule has 6 nitrogen and oxygen atoms in total. The molecule has 0 aliphatic carbocycles. The van der Waals surface area contributed by atoms with Gasteiger partial charge in [-0.25, -0.2) is 10.3 Å². The molecule has 128 valence electrons. The van der Waals surface area contributed by atoms with Crippen molar-refractivity contribution in [3.05, 3.63) is 71.8 Å². The maximum absolute atomic E-state index is 12.6. The van der Waals surface area contributed by atoms with E-state index >= 15 is 0 Å². The van der Waals surface area contributed by atoms with Gasteiger partial charge in [0.2, 0.25) is 0 Å². The number of nitrogens with one attached hydrogen (secondary N) is 1. The first-order valence-electron chi connectivity index (χ1n) is 8.00. The van der Waals surface area contributed by atoms with Crippen molar-refractivity contribution >= 4 is 23.7 Å². The summed E-state index contributed by atoms with van der Waals surface area (Å²) in [4.78, 5) is 27.2. The standard InChI is InChI=1S/C19H19N3O3/c23-18(20-25)11-8-15-6-9-17(10-7-15)22-13-12-21(19(22)24)14-16-4-2-1-3-5-16/h1-11,25H,12-14H2,(H,20,23)/b11-8+. The molecule has 0 saturated carbocycles. The molecule has 1 heterocycles. The van der Waals surface area contributed by atoms with Crippen molar-refractivity contribution in [1.29, 1.82) is 0 Å². The van der Waals surface area contributed by atoms with E-state index in [0.717, 1.165) is 16.8 Å². The summed E-state index contributed by atoms with van der Waals surface area (Å²) in [6, 6.07) is 17.3. The van der Waals surface area contributed by atoms with Crippen molar-refractivity contribution in [2.24, 2.45) is 0 Å². The van der Waals surface area contributed by atoms with Crippen molar-refractivity contribution in [2.75, 3.05) is 18.0 Å². The molecule has 1 aliphatic heterocycles. The van der Waals surface area contributed by atoms with Crippen LogP contribution in [0.4, 0.5) is 10.5 Å². The van der Waals surface area contributed by atoms with Gasteiger partial charge in [0.1, 0.15) is 0 Å². The van der Waals surface area contributed by atoms with Crippen LogP contribution < -0.4 is 10.4 Å². The normalized spacial score (nSPS) is 14.4. The first-order chi connectivity index (χ1) is 12.2. The van der Waals surface area contributed by atoms with Crippen molar-refractivity contribution in [3.63, 3.8) is 0 Å². The third-order valence-corrected chi connectivity index (χ3v) is 4.05. The number of hydrogen-bond acceptors (Lipinski definition) is 3. The van der Waals surface area contributed by atoms with Crippen LogP contribution in [0.15, 0.2) is 60.7 Å². The van der Waals surface area contributed by atoms with Crippen LogP contribution in [-0.4, -0.2) is 35.1 Å². The smallest absolute Gasteiger partial charge is 0.318 e. The number of anilines is 1. The lowest BCUT2D eigenvalue weighted by Crippen LogP contribution is -2.31. The number of urea groups is 1. The van der Waals surface area contributed by atoms with Crippen molar-refractivity contribution in [1.82, 2.24) is 10.4 Å². The number of benzene rings is 2. The second-order valence-corrected chi connectivity index (χ2v) is 5.74. The van der Waals surface area contributed by atoms with E-state index in [-0.39, 0.29) is 6.03 Å². The Morgan fingerprint density at radius 3 is 2.48 bits per heavy atom. The van der Waals surface area contributed by atoms with Gasteiger partial charge in [0.25, 0.3) is 5.91 Å². The fourth-order valence-corrected chi connectivity index (χ4v) is 2.75. The highest BCUT2D eigenvalue weighted by molar-refractivity contribution is 5.94. The van der Waals surface area contributed by atoms with Crippen LogP contribution in [-0.2, 0) is 11.3 Å². The number of amides is 3. The summed E-state index contributed by atoms with van der Waals surface area (Å²) in [5.74, 6) is -0.588. The largest absolute Gasteiger partial charge is 0.324 e. The Kier molecular flexibility index (Phi) is 5.11. The van der Waals surface area contributed by atoms with Crippen LogP contribution in [0, 0.1) is 0 Å². The molecule has 0 unspecified atom stereocenters. The molecule has 0 aromatic heterocycles. The Morgan fingerprint density at radius 1 is 1.08 bits per heavy atom. The predicted octanol–water partition coefficient (Wildman–Crippen LogP) is 2.65. The minimum Gasteiger partial charge on any atom is -0.318 e. The minimum absolute atomic E-state index is 0.00759. The van der Waals surface area contributed by atoms with E-state index in [1.807, 2.05) is 59.5 Å². The minimum atomic E-state index is -0.588. The first-order valence-corrected chi connectivity index (χ1v) is 8.00. The molecule has 25 heavy (non-hydrogen) atoms. The lowest BCUT2D eigenvalue weighted by molar-refractivity contribution is -0.124. The lowest BCUT2D eigenvalue weighted by atomic mass is 10.2. The third kappa shape index (κ3) is 4.05. The van der Waals surface area contributed by atoms with E-state index in [0.29, 0.717) is 19.6 Å². The zero-order valence-corrected chi connectivity index (χ0v) is 13.6. The van der Waals surface area contributed by atoms with E-state index in [1.54, 1.807) is 11.0 Å². The van der Waals surface area contributed by atoms with Crippen LogP contribution in [0.3, 0.4) is 0 Å². The fraction of sp³-hybridized carbons (Fsp3) is 0.158. The highest BCUT2D eigenvalue weighted by Crippen LogP contribution is 2.22. The number of hydrogen-bond donors (Lipinski definition) is 2. The summed E-state index contributed by atoms with van der Waals surface area (Å²) in [6.45, 7) is 1.94. The van der Waals surface area contributed by atoms with Gasteiger partial charge in [0, 0.05) is 31.4 Å². The first kappa shape index (κ1) is 16.7. The molecule has 1 fully saturated rings. The molecule has 0 atom stereocenters. The van der Waals surface area contributed by atoms with Crippen LogP contribution >= 0.6 is 0 Å². The average molecular weight is 337 g/mol. The molecule has 3 amide bonds. The van der Waals surface area contributed by atoms with Crippen molar-refractivity contribution in [3.8, 4) is 0 Å². The van der Waals surface area contributed by atoms with E-state index < -0.39 is 5.91 Å². The van der Waals surface area contributed by atoms with Crippen LogP contribution in [0.2, 0.25) is 0 Å². The molecule has 1 saturated heterocycles. The SMILES string of the molecule is O=C(/C=C/c1ccc(N2CCN(Cc3ccccc3)C2=O)cc1)NO. The van der Waals surface area contributed by atoms with Gasteiger partial charge in [0.05, 0.1) is 0 Å². The molecule has 6 heteroatoms. The van der Waals surface area contributed by atoms with Gasteiger partial charge >= 0.3 is 6.03 Å². The van der Waals surface area contributed by atoms with E-state index in [2.05, 4.69) is 0 Å². The van der Waals surface area contributed by atoms with Crippen LogP contribution in [0.1, 0.15) is 11.1 Å².